The van der Waals surface area contributed by atoms with Gasteiger partial charge >= 0.3 is 5.97 Å². The molecule has 0 spiro atoms. The average molecular weight is 305 g/mol. The number of carbonyl (C=O) groups excluding carboxylic acids is 1. The Morgan fingerprint density at radius 1 is 1.33 bits per heavy atom. The number of carboxylic acid groups (broad SMARTS) is 1. The molecule has 2 aromatic rings. The Kier molecular flexibility index (Phi) is 4.37. The number of ether oxygens (including phenoxy) is 1. The topological polar surface area (TPSA) is 76.5 Å². The van der Waals surface area contributed by atoms with Crippen molar-refractivity contribution >= 4 is 23.1 Å². The number of nitrogens with zero attached hydrogens (tertiary/aromatic N) is 1. The predicted molar refractivity (Wildman–Crippen MR) is 80.3 cm³/mol. The molecule has 0 aliphatic carbocycles. The van der Waals surface area contributed by atoms with E-state index in [1.165, 1.54) is 6.92 Å². The number of aromatic carboxylic acids is 1. The van der Waals surface area contributed by atoms with Crippen LogP contribution in [0.5, 0.6) is 5.75 Å². The highest BCUT2D eigenvalue weighted by Gasteiger charge is 2.21. The Balaban J connectivity index is 2.45. The summed E-state index contributed by atoms with van der Waals surface area (Å²) >= 11 is 1.08. The third kappa shape index (κ3) is 3.46. The normalized spacial score (nSPS) is 10.7. The van der Waals surface area contributed by atoms with Crippen molar-refractivity contribution in [2.24, 2.45) is 0 Å². The summed E-state index contributed by atoms with van der Waals surface area (Å²) < 4.78 is 5.60. The van der Waals surface area contributed by atoms with Crippen molar-refractivity contribution < 1.29 is 19.4 Å². The van der Waals surface area contributed by atoms with Crippen molar-refractivity contribution in [2.75, 3.05) is 0 Å². The molecule has 0 radical (unpaired) electrons. The van der Waals surface area contributed by atoms with Gasteiger partial charge in [-0.1, -0.05) is 12.1 Å². The molecular weight excluding hydrogens is 290 g/mol. The third-order valence-electron chi connectivity index (χ3n) is 2.60. The van der Waals surface area contributed by atoms with E-state index >= 15 is 0 Å². The van der Waals surface area contributed by atoms with Gasteiger partial charge in [-0.2, -0.15) is 0 Å². The summed E-state index contributed by atoms with van der Waals surface area (Å²) in [6, 6.07) is 7.22. The summed E-state index contributed by atoms with van der Waals surface area (Å²) in [5, 5.41) is 9.61. The summed E-state index contributed by atoms with van der Waals surface area (Å²) in [7, 11) is 0. The van der Waals surface area contributed by atoms with Gasteiger partial charge in [0.15, 0.2) is 11.5 Å². The first-order valence-corrected chi connectivity index (χ1v) is 7.22. The van der Waals surface area contributed by atoms with Gasteiger partial charge < -0.3 is 9.84 Å². The highest BCUT2D eigenvalue weighted by atomic mass is 32.1. The molecule has 1 aromatic heterocycles. The summed E-state index contributed by atoms with van der Waals surface area (Å²) in [6.07, 6.45) is 0.0407. The van der Waals surface area contributed by atoms with Crippen molar-refractivity contribution in [3.63, 3.8) is 0 Å². The summed E-state index contributed by atoms with van der Waals surface area (Å²) in [4.78, 5) is 26.9. The van der Waals surface area contributed by atoms with Crippen molar-refractivity contribution in [3.8, 4) is 16.3 Å². The van der Waals surface area contributed by atoms with Gasteiger partial charge in [0.05, 0.1) is 6.10 Å². The highest BCUT2D eigenvalue weighted by molar-refractivity contribution is 7.17. The zero-order valence-corrected chi connectivity index (χ0v) is 12.7. The van der Waals surface area contributed by atoms with Crippen LogP contribution >= 0.6 is 11.3 Å². The molecule has 1 heterocycles. The van der Waals surface area contributed by atoms with Gasteiger partial charge in [0.2, 0.25) is 0 Å². The van der Waals surface area contributed by atoms with E-state index in [2.05, 4.69) is 4.98 Å². The van der Waals surface area contributed by atoms with Crippen molar-refractivity contribution in [1.82, 2.24) is 4.98 Å². The maximum atomic E-state index is 11.5. The number of hydrogen-bond donors (Lipinski definition) is 1. The van der Waals surface area contributed by atoms with Crippen LogP contribution in [0.3, 0.4) is 0 Å². The van der Waals surface area contributed by atoms with Crippen LogP contribution in [-0.2, 0) is 0 Å². The Bertz CT molecular complexity index is 659. The number of hydrogen-bond acceptors (Lipinski definition) is 5. The van der Waals surface area contributed by atoms with Crippen LogP contribution in [0.15, 0.2) is 24.3 Å². The lowest BCUT2D eigenvalue weighted by atomic mass is 10.2. The van der Waals surface area contributed by atoms with E-state index in [1.54, 1.807) is 6.07 Å². The molecule has 21 heavy (non-hydrogen) atoms. The minimum absolute atomic E-state index is 0.0407. The van der Waals surface area contributed by atoms with Crippen LogP contribution in [0.1, 0.15) is 40.9 Å². The first-order chi connectivity index (χ1) is 9.88. The second kappa shape index (κ2) is 6.05. The van der Waals surface area contributed by atoms with Crippen LogP contribution in [-0.4, -0.2) is 27.9 Å². The Morgan fingerprint density at radius 2 is 2.05 bits per heavy atom. The minimum Gasteiger partial charge on any atom is -0.491 e. The van der Waals surface area contributed by atoms with Crippen LogP contribution in [0.2, 0.25) is 0 Å². The van der Waals surface area contributed by atoms with Crippen LogP contribution in [0, 0.1) is 0 Å². The molecule has 1 aromatic carbocycles. The minimum atomic E-state index is -1.20. The fraction of sp³-hybridized carbons (Fsp3) is 0.267. The zero-order chi connectivity index (χ0) is 15.6. The molecule has 0 aliphatic rings. The van der Waals surface area contributed by atoms with Crippen molar-refractivity contribution in [2.45, 2.75) is 26.9 Å². The number of carboxylic acids is 1. The predicted octanol–water partition coefficient (Wildman–Crippen LogP) is 3.50. The van der Waals surface area contributed by atoms with Gasteiger partial charge in [0.25, 0.3) is 0 Å². The fourth-order valence-corrected chi connectivity index (χ4v) is 2.75. The molecule has 0 saturated carbocycles. The monoisotopic (exact) mass is 305 g/mol. The maximum Gasteiger partial charge on any atom is 0.356 e. The first kappa shape index (κ1) is 15.2. The zero-order valence-electron chi connectivity index (χ0n) is 11.9. The summed E-state index contributed by atoms with van der Waals surface area (Å²) in [6.45, 7) is 5.18. The fourth-order valence-electron chi connectivity index (χ4n) is 1.80. The summed E-state index contributed by atoms with van der Waals surface area (Å²) in [5.41, 5.74) is 0.533. The SMILES string of the molecule is CC(=O)c1sc(-c2cccc(OC(C)C)c2)nc1C(=O)O. The highest BCUT2D eigenvalue weighted by Crippen LogP contribution is 2.30. The first-order valence-electron chi connectivity index (χ1n) is 6.40. The van der Waals surface area contributed by atoms with Crippen LogP contribution < -0.4 is 4.74 Å². The molecule has 0 bridgehead atoms. The number of rotatable bonds is 5. The van der Waals surface area contributed by atoms with E-state index in [9.17, 15) is 9.59 Å². The number of ketones is 1. The molecular formula is C15H15NO4S. The maximum absolute atomic E-state index is 11.5. The van der Waals surface area contributed by atoms with E-state index in [1.807, 2.05) is 32.0 Å². The van der Waals surface area contributed by atoms with E-state index in [4.69, 9.17) is 9.84 Å². The second-order valence-electron chi connectivity index (χ2n) is 4.75. The quantitative estimate of drug-likeness (QED) is 0.856. The number of carbonyl (C=O) groups is 2. The number of aromatic nitrogens is 1. The van der Waals surface area contributed by atoms with E-state index < -0.39 is 5.97 Å². The van der Waals surface area contributed by atoms with Crippen LogP contribution in [0.4, 0.5) is 0 Å². The van der Waals surface area contributed by atoms with Crippen molar-refractivity contribution in [3.05, 3.63) is 34.8 Å². The molecule has 0 atom stereocenters. The van der Waals surface area contributed by atoms with Gasteiger partial charge in [-0.3, -0.25) is 4.79 Å². The molecule has 6 heteroatoms. The molecule has 2 rings (SSSR count). The number of benzene rings is 1. The van der Waals surface area contributed by atoms with E-state index in [0.29, 0.717) is 10.8 Å². The third-order valence-corrected chi connectivity index (χ3v) is 3.81. The second-order valence-corrected chi connectivity index (χ2v) is 5.75. The van der Waals surface area contributed by atoms with Gasteiger partial charge in [-0.15, -0.1) is 11.3 Å². The molecule has 5 nitrogen and oxygen atoms in total. The lowest BCUT2D eigenvalue weighted by Gasteiger charge is -2.09. The largest absolute Gasteiger partial charge is 0.491 e. The molecule has 0 fully saturated rings. The Hall–Kier alpha value is -2.21. The molecule has 0 saturated heterocycles. The van der Waals surface area contributed by atoms with E-state index in [0.717, 1.165) is 16.9 Å². The molecule has 0 amide bonds. The standard InChI is InChI=1S/C15H15NO4S/c1-8(2)20-11-6-4-5-10(7-11)14-16-12(15(18)19)13(21-14)9(3)17/h4-8H,1-3H3,(H,18,19). The summed E-state index contributed by atoms with van der Waals surface area (Å²) in [5.74, 6) is -0.818. The van der Waals surface area contributed by atoms with Crippen molar-refractivity contribution in [1.29, 1.82) is 0 Å². The lowest BCUT2D eigenvalue weighted by molar-refractivity contribution is 0.0687. The number of Topliss-reactive ketones (excluding diaryl/α,β-unsaturated/α-hetero) is 1. The lowest BCUT2D eigenvalue weighted by Crippen LogP contribution is -2.05. The molecule has 110 valence electrons. The Morgan fingerprint density at radius 3 is 2.57 bits per heavy atom. The number of thiazole rings is 1. The van der Waals surface area contributed by atoms with Gasteiger partial charge in [-0.25, -0.2) is 9.78 Å². The Labute approximate surface area is 126 Å². The molecule has 1 N–H and O–H groups in total. The van der Waals surface area contributed by atoms with Crippen LogP contribution in [0.25, 0.3) is 10.6 Å². The molecule has 0 unspecified atom stereocenters. The van der Waals surface area contributed by atoms with Gasteiger partial charge in [-0.05, 0) is 26.0 Å². The average Bonchev–Trinajstić information content (AvgIpc) is 2.83. The van der Waals surface area contributed by atoms with E-state index in [-0.39, 0.29) is 22.5 Å². The smallest absolute Gasteiger partial charge is 0.356 e. The van der Waals surface area contributed by atoms with Gasteiger partial charge in [0, 0.05) is 12.5 Å². The molecule has 0 aliphatic heterocycles. The van der Waals surface area contributed by atoms with Gasteiger partial charge in [0.1, 0.15) is 15.6 Å².